The van der Waals surface area contributed by atoms with Crippen LogP contribution in [0.1, 0.15) is 54.0 Å². The summed E-state index contributed by atoms with van der Waals surface area (Å²) in [7, 11) is 2.40. The highest BCUT2D eigenvalue weighted by Crippen LogP contribution is 2.19. The molecule has 0 saturated heterocycles. The lowest BCUT2D eigenvalue weighted by atomic mass is 10.1. The van der Waals surface area contributed by atoms with Crippen molar-refractivity contribution in [2.24, 2.45) is 5.73 Å². The van der Waals surface area contributed by atoms with Gasteiger partial charge in [0, 0.05) is 23.3 Å². The predicted octanol–water partition coefficient (Wildman–Crippen LogP) is 3.75. The number of hydrogen-bond donors (Lipinski definition) is 1. The highest BCUT2D eigenvalue weighted by molar-refractivity contribution is 6.31. The number of esters is 2. The normalized spacial score (nSPS) is 10.6. The molecule has 0 unspecified atom stereocenters. The fraction of sp³-hybridized carbons (Fsp3) is 0.133. The first-order valence-electron chi connectivity index (χ1n) is 13.3. The van der Waals surface area contributed by atoms with E-state index in [2.05, 4.69) is 46.4 Å². The van der Waals surface area contributed by atoms with Crippen LogP contribution in [0.25, 0.3) is 23.1 Å². The quantitative estimate of drug-likeness (QED) is 0.222. The molecule has 0 radical (unpaired) electrons. The van der Waals surface area contributed by atoms with Crippen molar-refractivity contribution >= 4 is 64.1 Å². The van der Waals surface area contributed by atoms with E-state index < -0.39 is 17.8 Å². The van der Waals surface area contributed by atoms with Crippen molar-refractivity contribution < 1.29 is 23.9 Å². The first-order valence-corrected chi connectivity index (χ1v) is 14.1. The van der Waals surface area contributed by atoms with Crippen LogP contribution in [0.2, 0.25) is 10.0 Å². The fourth-order valence-electron chi connectivity index (χ4n) is 4.02. The molecule has 0 fully saturated rings. The van der Waals surface area contributed by atoms with Gasteiger partial charge in [0.15, 0.2) is 11.4 Å². The van der Waals surface area contributed by atoms with E-state index in [1.54, 1.807) is 30.5 Å². The van der Waals surface area contributed by atoms with E-state index in [9.17, 15) is 14.4 Å². The standard InChI is InChI=1S/C15H14ClN5O3.C15H10ClN5O2/c1-3-11-9(7-10(16)8-18-11)5-4-6-21-19-12(14(17)22)13(20-21)15(23)24-2;1-23-15(22)14-13(6-17)19-21(20-14)8-9-2-3-12-10(4-9)5-11(16)7-18-12/h3-5,7-8H,1,6H2,2H3,(H2,17,22);2-5,7H,8H2,1H3/b5-4+;. The van der Waals surface area contributed by atoms with Gasteiger partial charge in [0.2, 0.25) is 11.4 Å². The van der Waals surface area contributed by atoms with Crippen molar-refractivity contribution in [1.29, 1.82) is 5.26 Å². The number of allylic oxidation sites excluding steroid dienone is 1. The third kappa shape index (κ3) is 8.39. The number of nitrogens with two attached hydrogens (primary N) is 1. The minimum atomic E-state index is -0.862. The van der Waals surface area contributed by atoms with E-state index in [1.807, 2.05) is 30.3 Å². The van der Waals surface area contributed by atoms with Crippen LogP contribution in [-0.4, -0.2) is 72.0 Å². The zero-order valence-electron chi connectivity index (χ0n) is 24.8. The monoisotopic (exact) mass is 674 g/mol. The molecule has 0 atom stereocenters. The number of halogens is 2. The Kier molecular flexibility index (Phi) is 11.1. The fourth-order valence-corrected chi connectivity index (χ4v) is 4.35. The number of ether oxygens (including phenoxy) is 2. The molecule has 0 aliphatic rings. The molecule has 0 bridgehead atoms. The average Bonchev–Trinajstić information content (AvgIpc) is 3.69. The van der Waals surface area contributed by atoms with Crippen LogP contribution in [0.3, 0.4) is 0 Å². The molecule has 47 heavy (non-hydrogen) atoms. The number of carbonyl (C=O) groups is 3. The number of carbonyl (C=O) groups excluding carboxylic acids is 3. The largest absolute Gasteiger partial charge is 0.464 e. The third-order valence-electron chi connectivity index (χ3n) is 6.12. The van der Waals surface area contributed by atoms with Gasteiger partial charge >= 0.3 is 11.9 Å². The Labute approximate surface area is 276 Å². The lowest BCUT2D eigenvalue weighted by Gasteiger charge is -2.03. The summed E-state index contributed by atoms with van der Waals surface area (Å²) in [5.74, 6) is -2.34. The molecule has 0 spiro atoms. The van der Waals surface area contributed by atoms with Crippen molar-refractivity contribution in [3.05, 3.63) is 105 Å². The zero-order valence-corrected chi connectivity index (χ0v) is 26.3. The van der Waals surface area contributed by atoms with E-state index in [4.69, 9.17) is 34.2 Å². The number of primary amides is 1. The number of amides is 1. The Bertz CT molecular complexity index is 2070. The maximum absolute atomic E-state index is 11.6. The van der Waals surface area contributed by atoms with E-state index in [1.165, 1.54) is 25.2 Å². The van der Waals surface area contributed by atoms with Crippen LogP contribution >= 0.6 is 23.2 Å². The zero-order chi connectivity index (χ0) is 34.1. The lowest BCUT2D eigenvalue weighted by molar-refractivity contribution is 0.0583. The van der Waals surface area contributed by atoms with Gasteiger partial charge in [0.05, 0.1) is 48.6 Å². The molecule has 4 aromatic heterocycles. The van der Waals surface area contributed by atoms with Gasteiger partial charge in [-0.25, -0.2) is 9.59 Å². The van der Waals surface area contributed by atoms with Gasteiger partial charge in [-0.15, -0.1) is 20.4 Å². The molecule has 238 valence electrons. The van der Waals surface area contributed by atoms with Crippen LogP contribution in [0.4, 0.5) is 0 Å². The summed E-state index contributed by atoms with van der Waals surface area (Å²) in [6.45, 7) is 4.17. The van der Waals surface area contributed by atoms with Crippen LogP contribution < -0.4 is 5.73 Å². The molecule has 4 heterocycles. The second-order valence-electron chi connectivity index (χ2n) is 9.25. The van der Waals surface area contributed by atoms with Crippen molar-refractivity contribution in [2.45, 2.75) is 13.1 Å². The van der Waals surface area contributed by atoms with Gasteiger partial charge in [0.1, 0.15) is 6.07 Å². The number of nitriles is 1. The molecule has 15 nitrogen and oxygen atoms in total. The SMILES string of the molecule is C=Cc1ncc(Cl)cc1/C=C/Cn1nc(C(N)=O)c(C(=O)OC)n1.COC(=O)c1nn(Cc2ccc3ncc(Cl)cc3c2)nc1C#N. The Morgan fingerprint density at radius 1 is 0.936 bits per heavy atom. The van der Waals surface area contributed by atoms with Gasteiger partial charge in [-0.2, -0.15) is 14.9 Å². The van der Waals surface area contributed by atoms with Gasteiger partial charge in [-0.05, 0) is 35.9 Å². The summed E-state index contributed by atoms with van der Waals surface area (Å²) in [4.78, 5) is 45.2. The predicted molar refractivity (Wildman–Crippen MR) is 170 cm³/mol. The number of pyridine rings is 2. The summed E-state index contributed by atoms with van der Waals surface area (Å²) in [6.07, 6.45) is 8.17. The Hall–Kier alpha value is -5.98. The van der Waals surface area contributed by atoms with E-state index in [0.29, 0.717) is 22.3 Å². The van der Waals surface area contributed by atoms with Crippen molar-refractivity contribution in [1.82, 2.24) is 40.0 Å². The second-order valence-corrected chi connectivity index (χ2v) is 10.1. The van der Waals surface area contributed by atoms with Gasteiger partial charge < -0.3 is 15.2 Å². The average molecular weight is 675 g/mol. The lowest BCUT2D eigenvalue weighted by Crippen LogP contribution is -2.17. The molecule has 1 amide bonds. The molecule has 17 heteroatoms. The molecule has 0 saturated carbocycles. The Morgan fingerprint density at radius 2 is 1.60 bits per heavy atom. The number of benzene rings is 1. The molecule has 1 aromatic carbocycles. The Balaban J connectivity index is 0.000000213. The van der Waals surface area contributed by atoms with Crippen molar-refractivity contribution in [2.75, 3.05) is 14.2 Å². The van der Waals surface area contributed by atoms with Crippen LogP contribution in [0, 0.1) is 11.3 Å². The Morgan fingerprint density at radius 3 is 2.28 bits per heavy atom. The summed E-state index contributed by atoms with van der Waals surface area (Å²) >= 11 is 11.9. The van der Waals surface area contributed by atoms with Crippen LogP contribution in [-0.2, 0) is 22.6 Å². The first-order chi connectivity index (χ1) is 22.6. The molecule has 2 N–H and O–H groups in total. The minimum absolute atomic E-state index is 0.0673. The minimum Gasteiger partial charge on any atom is -0.464 e. The number of fused-ring (bicyclic) bond motifs is 1. The van der Waals surface area contributed by atoms with Gasteiger partial charge in [0.25, 0.3) is 5.91 Å². The second kappa shape index (κ2) is 15.3. The molecular weight excluding hydrogens is 651 g/mol. The molecular formula is C30H24Cl2N10O5. The van der Waals surface area contributed by atoms with Gasteiger partial charge in [-0.1, -0.05) is 48.0 Å². The number of nitrogens with zero attached hydrogens (tertiary/aromatic N) is 9. The van der Waals surface area contributed by atoms with Crippen LogP contribution in [0.15, 0.2) is 55.4 Å². The number of aromatic nitrogens is 8. The van der Waals surface area contributed by atoms with E-state index >= 15 is 0 Å². The smallest absolute Gasteiger partial charge is 0.361 e. The maximum Gasteiger partial charge on any atom is 0.361 e. The molecule has 0 aliphatic carbocycles. The summed E-state index contributed by atoms with van der Waals surface area (Å²) in [5.41, 5.74) is 7.67. The van der Waals surface area contributed by atoms with Gasteiger partial charge in [-0.3, -0.25) is 14.8 Å². The maximum atomic E-state index is 11.6. The third-order valence-corrected chi connectivity index (χ3v) is 6.53. The van der Waals surface area contributed by atoms with Crippen molar-refractivity contribution in [3.63, 3.8) is 0 Å². The molecule has 0 aliphatic heterocycles. The summed E-state index contributed by atoms with van der Waals surface area (Å²) in [6, 6.07) is 11.0. The highest BCUT2D eigenvalue weighted by Gasteiger charge is 2.23. The molecule has 5 aromatic rings. The van der Waals surface area contributed by atoms with Crippen molar-refractivity contribution in [3.8, 4) is 6.07 Å². The number of rotatable bonds is 9. The first kappa shape index (κ1) is 33.9. The highest BCUT2D eigenvalue weighted by atomic mass is 35.5. The topological polar surface area (TPSA) is 207 Å². The summed E-state index contributed by atoms with van der Waals surface area (Å²) in [5, 5.41) is 26.7. The van der Waals surface area contributed by atoms with Crippen LogP contribution in [0.5, 0.6) is 0 Å². The molecule has 5 rings (SSSR count). The van der Waals surface area contributed by atoms with E-state index in [-0.39, 0.29) is 29.3 Å². The number of hydrogen-bond acceptors (Lipinski definition) is 12. The van der Waals surface area contributed by atoms with E-state index in [0.717, 1.165) is 26.8 Å². The number of methoxy groups -OCH3 is 2. The summed E-state index contributed by atoms with van der Waals surface area (Å²) < 4.78 is 9.13.